The second-order valence-electron chi connectivity index (χ2n) is 5.31. The summed E-state index contributed by atoms with van der Waals surface area (Å²) in [7, 11) is 4.13. The number of hydrogen-bond donors (Lipinski definition) is 0. The molecule has 0 aromatic carbocycles. The lowest BCUT2D eigenvalue weighted by molar-refractivity contribution is 0.230. The van der Waals surface area contributed by atoms with E-state index in [4.69, 9.17) is 4.52 Å². The molecular formula is C14H19N3OS. The highest BCUT2D eigenvalue weighted by Gasteiger charge is 2.24. The van der Waals surface area contributed by atoms with E-state index in [0.29, 0.717) is 0 Å². The second-order valence-corrected chi connectivity index (χ2v) is 6.34. The van der Waals surface area contributed by atoms with Gasteiger partial charge in [0.25, 0.3) is 0 Å². The Morgan fingerprint density at radius 3 is 3.11 bits per heavy atom. The quantitative estimate of drug-likeness (QED) is 0.859. The third-order valence-corrected chi connectivity index (χ3v) is 4.27. The second kappa shape index (κ2) is 5.45. The summed E-state index contributed by atoms with van der Waals surface area (Å²) in [5, 5.41) is 6.37. The van der Waals surface area contributed by atoms with Crippen LogP contribution in [0.2, 0.25) is 0 Å². The molecule has 0 atom stereocenters. The summed E-state index contributed by atoms with van der Waals surface area (Å²) in [4.78, 5) is 6.04. The Morgan fingerprint density at radius 1 is 1.47 bits per heavy atom. The number of rotatable bonds is 4. The fraction of sp³-hybridized carbons (Fsp3) is 0.500. The van der Waals surface area contributed by atoms with Gasteiger partial charge in [-0.1, -0.05) is 11.2 Å². The fourth-order valence-electron chi connectivity index (χ4n) is 2.50. The summed E-state index contributed by atoms with van der Waals surface area (Å²) in [5.74, 6) is 1.08. The number of fused-ring (bicyclic) bond motifs is 1. The molecule has 0 fully saturated rings. The predicted octanol–water partition coefficient (Wildman–Crippen LogP) is 2.36. The van der Waals surface area contributed by atoms with Gasteiger partial charge in [-0.05, 0) is 25.5 Å². The van der Waals surface area contributed by atoms with Crippen LogP contribution in [-0.2, 0) is 26.1 Å². The molecular weight excluding hydrogens is 258 g/mol. The Kier molecular flexibility index (Phi) is 3.68. The van der Waals surface area contributed by atoms with Crippen LogP contribution in [0.4, 0.5) is 0 Å². The zero-order chi connectivity index (χ0) is 13.2. The minimum atomic E-state index is 0.853. The van der Waals surface area contributed by atoms with E-state index >= 15 is 0 Å². The van der Waals surface area contributed by atoms with E-state index in [2.05, 4.69) is 46.6 Å². The minimum absolute atomic E-state index is 0.853. The smallest absolute Gasteiger partial charge is 0.142 e. The van der Waals surface area contributed by atoms with Crippen LogP contribution in [0, 0.1) is 0 Å². The van der Waals surface area contributed by atoms with Crippen molar-refractivity contribution < 1.29 is 4.52 Å². The Balaban J connectivity index is 1.73. The number of aromatic nitrogens is 1. The van der Waals surface area contributed by atoms with Crippen molar-refractivity contribution in [3.8, 4) is 0 Å². The van der Waals surface area contributed by atoms with Crippen molar-refractivity contribution in [3.63, 3.8) is 0 Å². The van der Waals surface area contributed by atoms with E-state index in [1.54, 1.807) is 0 Å². The lowest BCUT2D eigenvalue weighted by Gasteiger charge is -2.25. The molecule has 0 aliphatic carbocycles. The maximum absolute atomic E-state index is 5.47. The first-order valence-electron chi connectivity index (χ1n) is 6.58. The average molecular weight is 277 g/mol. The highest BCUT2D eigenvalue weighted by Crippen LogP contribution is 2.25. The van der Waals surface area contributed by atoms with Gasteiger partial charge in [-0.25, -0.2) is 0 Å². The van der Waals surface area contributed by atoms with Crippen LogP contribution >= 0.6 is 11.3 Å². The topological polar surface area (TPSA) is 32.5 Å². The van der Waals surface area contributed by atoms with Crippen molar-refractivity contribution in [1.82, 2.24) is 15.0 Å². The van der Waals surface area contributed by atoms with Crippen LogP contribution in [0.25, 0.3) is 0 Å². The summed E-state index contributed by atoms with van der Waals surface area (Å²) in [6.07, 6.45) is 0.973. The van der Waals surface area contributed by atoms with Crippen LogP contribution in [0.3, 0.4) is 0 Å². The van der Waals surface area contributed by atoms with E-state index in [-0.39, 0.29) is 0 Å². The normalized spacial score (nSPS) is 15.9. The summed E-state index contributed by atoms with van der Waals surface area (Å²) in [6.45, 7) is 3.90. The molecule has 5 heteroatoms. The van der Waals surface area contributed by atoms with Crippen LogP contribution < -0.4 is 0 Å². The van der Waals surface area contributed by atoms with Crippen LogP contribution in [-0.4, -0.2) is 35.6 Å². The molecule has 0 spiro atoms. The van der Waals surface area contributed by atoms with Gasteiger partial charge in [0.2, 0.25) is 0 Å². The Morgan fingerprint density at radius 2 is 2.37 bits per heavy atom. The van der Waals surface area contributed by atoms with E-state index in [1.165, 1.54) is 10.4 Å². The Hall–Kier alpha value is -1.17. The first-order chi connectivity index (χ1) is 9.22. The maximum atomic E-state index is 5.47. The van der Waals surface area contributed by atoms with Gasteiger partial charge < -0.3 is 9.42 Å². The van der Waals surface area contributed by atoms with Crippen LogP contribution in [0.5, 0.6) is 0 Å². The third-order valence-electron chi connectivity index (χ3n) is 3.41. The molecule has 0 saturated heterocycles. The fourth-order valence-corrected chi connectivity index (χ4v) is 3.25. The summed E-state index contributed by atoms with van der Waals surface area (Å²) < 4.78 is 5.47. The van der Waals surface area contributed by atoms with E-state index < -0.39 is 0 Å². The molecule has 4 nitrogen and oxygen atoms in total. The molecule has 3 heterocycles. The summed E-state index contributed by atoms with van der Waals surface area (Å²) in [5.41, 5.74) is 2.40. The molecule has 102 valence electrons. The van der Waals surface area contributed by atoms with Gasteiger partial charge in [-0.3, -0.25) is 4.90 Å². The average Bonchev–Trinajstić information content (AvgIpc) is 3.00. The van der Waals surface area contributed by atoms with Gasteiger partial charge in [0.15, 0.2) is 0 Å². The van der Waals surface area contributed by atoms with E-state index in [0.717, 1.165) is 44.1 Å². The van der Waals surface area contributed by atoms with Crippen molar-refractivity contribution in [2.75, 3.05) is 20.6 Å². The van der Waals surface area contributed by atoms with Gasteiger partial charge in [-0.2, -0.15) is 0 Å². The molecule has 0 radical (unpaired) electrons. The molecule has 3 rings (SSSR count). The standard InChI is InChI=1S/C14H19N3OS/c1-16(2)10-13-12-9-17(6-5-14(12)18-15-13)8-11-4-3-7-19-11/h3-4,7H,5-6,8-10H2,1-2H3. The maximum Gasteiger partial charge on any atom is 0.142 e. The molecule has 0 N–H and O–H groups in total. The molecule has 19 heavy (non-hydrogen) atoms. The molecule has 1 aliphatic rings. The molecule has 0 unspecified atom stereocenters. The van der Waals surface area contributed by atoms with Crippen LogP contribution in [0.15, 0.2) is 22.0 Å². The first kappa shape index (κ1) is 12.8. The number of hydrogen-bond acceptors (Lipinski definition) is 5. The van der Waals surface area contributed by atoms with Crippen molar-refractivity contribution in [2.45, 2.75) is 26.1 Å². The number of nitrogens with zero attached hydrogens (tertiary/aromatic N) is 3. The zero-order valence-electron chi connectivity index (χ0n) is 11.4. The largest absolute Gasteiger partial charge is 0.361 e. The third kappa shape index (κ3) is 2.88. The Labute approximate surface area is 117 Å². The highest BCUT2D eigenvalue weighted by atomic mass is 32.1. The van der Waals surface area contributed by atoms with Gasteiger partial charge in [0.1, 0.15) is 11.5 Å². The Bertz CT molecular complexity index is 533. The van der Waals surface area contributed by atoms with Gasteiger partial charge in [0, 0.05) is 43.0 Å². The predicted molar refractivity (Wildman–Crippen MR) is 76.0 cm³/mol. The van der Waals surface area contributed by atoms with E-state index in [9.17, 15) is 0 Å². The van der Waals surface area contributed by atoms with E-state index in [1.807, 2.05) is 11.3 Å². The van der Waals surface area contributed by atoms with Crippen molar-refractivity contribution >= 4 is 11.3 Å². The molecule has 0 saturated carbocycles. The lowest BCUT2D eigenvalue weighted by Crippen LogP contribution is -2.30. The van der Waals surface area contributed by atoms with Gasteiger partial charge >= 0.3 is 0 Å². The number of thiophene rings is 1. The van der Waals surface area contributed by atoms with Gasteiger partial charge in [0.05, 0.1) is 0 Å². The molecule has 1 aliphatic heterocycles. The van der Waals surface area contributed by atoms with Gasteiger partial charge in [-0.15, -0.1) is 11.3 Å². The van der Waals surface area contributed by atoms with Crippen molar-refractivity contribution in [2.24, 2.45) is 0 Å². The molecule has 0 bridgehead atoms. The minimum Gasteiger partial charge on any atom is -0.361 e. The monoisotopic (exact) mass is 277 g/mol. The zero-order valence-corrected chi connectivity index (χ0v) is 12.2. The van der Waals surface area contributed by atoms with Crippen molar-refractivity contribution in [3.05, 3.63) is 39.4 Å². The SMILES string of the molecule is CN(C)Cc1noc2c1CN(Cc1cccs1)CC2. The highest BCUT2D eigenvalue weighted by molar-refractivity contribution is 7.09. The summed E-state index contributed by atoms with van der Waals surface area (Å²) >= 11 is 1.83. The molecule has 2 aromatic rings. The summed E-state index contributed by atoms with van der Waals surface area (Å²) in [6, 6.07) is 4.32. The molecule has 0 amide bonds. The van der Waals surface area contributed by atoms with Crippen molar-refractivity contribution in [1.29, 1.82) is 0 Å². The first-order valence-corrected chi connectivity index (χ1v) is 7.46. The molecule has 2 aromatic heterocycles. The van der Waals surface area contributed by atoms with Crippen LogP contribution in [0.1, 0.15) is 21.9 Å². The lowest BCUT2D eigenvalue weighted by atomic mass is 10.1.